The number of aliphatic hydroxyl groups is 2. The van der Waals surface area contributed by atoms with Gasteiger partial charge in [-0.25, -0.2) is 0 Å². The zero-order valence-corrected chi connectivity index (χ0v) is 9.10. The Labute approximate surface area is 93.9 Å². The minimum absolute atomic E-state index is 0.222. The van der Waals surface area contributed by atoms with E-state index in [1.165, 1.54) is 0 Å². The highest BCUT2D eigenvalue weighted by Gasteiger charge is 2.09. The molecule has 0 aromatic heterocycles. The maximum Gasteiger partial charge on any atom is 0.249 e. The smallest absolute Gasteiger partial charge is 0.249 e. The molecule has 0 aliphatic rings. The highest BCUT2D eigenvalue weighted by Crippen LogP contribution is 2.18. The lowest BCUT2D eigenvalue weighted by molar-refractivity contribution is 0.0999. The fourth-order valence-electron chi connectivity index (χ4n) is 1.39. The SMILES string of the molecule is Cc1c(NCC(O)CO)cccc1C(N)=O. The van der Waals surface area contributed by atoms with Crippen LogP contribution < -0.4 is 11.1 Å². The highest BCUT2D eigenvalue weighted by molar-refractivity contribution is 5.95. The largest absolute Gasteiger partial charge is 0.394 e. The lowest BCUT2D eigenvalue weighted by Crippen LogP contribution is -2.23. The molecule has 1 atom stereocenters. The van der Waals surface area contributed by atoms with Crippen molar-refractivity contribution in [3.05, 3.63) is 29.3 Å². The van der Waals surface area contributed by atoms with E-state index in [4.69, 9.17) is 10.8 Å². The van der Waals surface area contributed by atoms with Gasteiger partial charge in [-0.2, -0.15) is 0 Å². The van der Waals surface area contributed by atoms with Crippen molar-refractivity contribution >= 4 is 11.6 Å². The predicted molar refractivity (Wildman–Crippen MR) is 61.3 cm³/mol. The van der Waals surface area contributed by atoms with E-state index in [2.05, 4.69) is 5.32 Å². The minimum Gasteiger partial charge on any atom is -0.394 e. The Morgan fingerprint density at radius 1 is 1.56 bits per heavy atom. The van der Waals surface area contributed by atoms with E-state index >= 15 is 0 Å². The normalized spacial score (nSPS) is 12.2. The maximum atomic E-state index is 11.1. The molecule has 0 heterocycles. The van der Waals surface area contributed by atoms with Crippen molar-refractivity contribution in [2.45, 2.75) is 13.0 Å². The third-order valence-electron chi connectivity index (χ3n) is 2.34. The van der Waals surface area contributed by atoms with Crippen LogP contribution in [0.25, 0.3) is 0 Å². The number of amides is 1. The zero-order valence-electron chi connectivity index (χ0n) is 9.10. The summed E-state index contributed by atoms with van der Waals surface area (Å²) in [4.78, 5) is 11.1. The Morgan fingerprint density at radius 2 is 2.25 bits per heavy atom. The van der Waals surface area contributed by atoms with Crippen LogP contribution in [0.15, 0.2) is 18.2 Å². The first kappa shape index (κ1) is 12.5. The van der Waals surface area contributed by atoms with Crippen LogP contribution in [0.4, 0.5) is 5.69 Å². The molecule has 0 aliphatic carbocycles. The van der Waals surface area contributed by atoms with Crippen LogP contribution in [0.3, 0.4) is 0 Å². The molecule has 1 rings (SSSR count). The van der Waals surface area contributed by atoms with Crippen molar-refractivity contribution in [1.82, 2.24) is 0 Å². The van der Waals surface area contributed by atoms with Crippen LogP contribution in [0.2, 0.25) is 0 Å². The second-order valence-corrected chi connectivity index (χ2v) is 3.56. The summed E-state index contributed by atoms with van der Waals surface area (Å²) in [7, 11) is 0. The summed E-state index contributed by atoms with van der Waals surface area (Å²) in [6.45, 7) is 1.69. The molecule has 1 unspecified atom stereocenters. The van der Waals surface area contributed by atoms with Gasteiger partial charge in [-0.15, -0.1) is 0 Å². The number of anilines is 1. The molecule has 5 heteroatoms. The van der Waals surface area contributed by atoms with Crippen LogP contribution in [0.5, 0.6) is 0 Å². The van der Waals surface area contributed by atoms with Gasteiger partial charge in [0.25, 0.3) is 0 Å². The molecule has 0 saturated heterocycles. The first-order chi connectivity index (χ1) is 7.56. The first-order valence-electron chi connectivity index (χ1n) is 4.98. The van der Waals surface area contributed by atoms with Crippen LogP contribution in [0, 0.1) is 6.92 Å². The van der Waals surface area contributed by atoms with Gasteiger partial charge in [0.2, 0.25) is 5.91 Å². The average Bonchev–Trinajstić information content (AvgIpc) is 2.26. The molecule has 0 aliphatic heterocycles. The fourth-order valence-corrected chi connectivity index (χ4v) is 1.39. The van der Waals surface area contributed by atoms with Crippen molar-refractivity contribution in [1.29, 1.82) is 0 Å². The number of carbonyl (C=O) groups is 1. The summed E-state index contributed by atoms with van der Waals surface area (Å²) in [6.07, 6.45) is -0.823. The molecule has 5 nitrogen and oxygen atoms in total. The molecule has 88 valence electrons. The van der Waals surface area contributed by atoms with E-state index in [1.807, 2.05) is 0 Å². The van der Waals surface area contributed by atoms with Crippen molar-refractivity contribution in [2.75, 3.05) is 18.5 Å². The van der Waals surface area contributed by atoms with Crippen molar-refractivity contribution in [3.63, 3.8) is 0 Å². The molecular formula is C11H16N2O3. The number of carbonyl (C=O) groups excluding carboxylic acids is 1. The molecule has 1 amide bonds. The predicted octanol–water partition coefficient (Wildman–Crippen LogP) is -0.141. The number of primary amides is 1. The van der Waals surface area contributed by atoms with Gasteiger partial charge in [0.05, 0.1) is 12.7 Å². The van der Waals surface area contributed by atoms with E-state index in [9.17, 15) is 9.90 Å². The minimum atomic E-state index is -0.823. The van der Waals surface area contributed by atoms with Crippen molar-refractivity contribution in [3.8, 4) is 0 Å². The summed E-state index contributed by atoms with van der Waals surface area (Å²) in [5.74, 6) is -0.483. The highest BCUT2D eigenvalue weighted by atomic mass is 16.3. The van der Waals surface area contributed by atoms with Crippen molar-refractivity contribution < 1.29 is 15.0 Å². The number of nitrogens with two attached hydrogens (primary N) is 1. The van der Waals surface area contributed by atoms with Crippen LogP contribution in [0.1, 0.15) is 15.9 Å². The average molecular weight is 224 g/mol. The van der Waals surface area contributed by atoms with Gasteiger partial charge >= 0.3 is 0 Å². The van der Waals surface area contributed by atoms with Gasteiger partial charge in [-0.1, -0.05) is 6.07 Å². The van der Waals surface area contributed by atoms with Gasteiger partial charge < -0.3 is 21.3 Å². The lowest BCUT2D eigenvalue weighted by atomic mass is 10.1. The van der Waals surface area contributed by atoms with E-state index in [-0.39, 0.29) is 13.2 Å². The molecular weight excluding hydrogens is 208 g/mol. The van der Waals surface area contributed by atoms with E-state index in [0.29, 0.717) is 5.56 Å². The fraction of sp³-hybridized carbons (Fsp3) is 0.364. The molecule has 16 heavy (non-hydrogen) atoms. The van der Waals surface area contributed by atoms with E-state index in [0.717, 1.165) is 11.3 Å². The number of rotatable bonds is 5. The monoisotopic (exact) mass is 224 g/mol. The number of hydrogen-bond donors (Lipinski definition) is 4. The standard InChI is InChI=1S/C11H16N2O3/c1-7-9(11(12)16)3-2-4-10(7)13-5-8(15)6-14/h2-4,8,13-15H,5-6H2,1H3,(H2,12,16). The van der Waals surface area contributed by atoms with Gasteiger partial charge in [-0.3, -0.25) is 4.79 Å². The van der Waals surface area contributed by atoms with Gasteiger partial charge in [0.15, 0.2) is 0 Å². The summed E-state index contributed by atoms with van der Waals surface area (Å²) in [5.41, 5.74) is 7.12. The molecule has 0 spiro atoms. The molecule has 0 saturated carbocycles. The maximum absolute atomic E-state index is 11.1. The summed E-state index contributed by atoms with van der Waals surface area (Å²) in [6, 6.07) is 5.14. The zero-order chi connectivity index (χ0) is 12.1. The molecule has 0 bridgehead atoms. The number of hydrogen-bond acceptors (Lipinski definition) is 4. The first-order valence-corrected chi connectivity index (χ1v) is 4.98. The summed E-state index contributed by atoms with van der Waals surface area (Å²) in [5, 5.41) is 20.8. The van der Waals surface area contributed by atoms with E-state index < -0.39 is 12.0 Å². The third kappa shape index (κ3) is 2.95. The number of benzene rings is 1. The Morgan fingerprint density at radius 3 is 2.81 bits per heavy atom. The summed E-state index contributed by atoms with van der Waals surface area (Å²) >= 11 is 0. The van der Waals surface area contributed by atoms with Crippen LogP contribution >= 0.6 is 0 Å². The van der Waals surface area contributed by atoms with Gasteiger partial charge in [0.1, 0.15) is 0 Å². The Bertz CT molecular complexity index is 379. The Hall–Kier alpha value is -1.59. The molecule has 1 aromatic rings. The van der Waals surface area contributed by atoms with Crippen LogP contribution in [-0.2, 0) is 0 Å². The van der Waals surface area contributed by atoms with E-state index in [1.54, 1.807) is 25.1 Å². The van der Waals surface area contributed by atoms with Gasteiger partial charge in [-0.05, 0) is 24.6 Å². The molecule has 0 radical (unpaired) electrons. The third-order valence-corrected chi connectivity index (χ3v) is 2.34. The topological polar surface area (TPSA) is 95.6 Å². The quantitative estimate of drug-likeness (QED) is 0.559. The summed E-state index contributed by atoms with van der Waals surface area (Å²) < 4.78 is 0. The molecule has 0 fully saturated rings. The second kappa shape index (κ2) is 5.48. The lowest BCUT2D eigenvalue weighted by Gasteiger charge is -2.13. The van der Waals surface area contributed by atoms with Crippen LogP contribution in [-0.4, -0.2) is 35.4 Å². The molecule has 5 N–H and O–H groups in total. The van der Waals surface area contributed by atoms with Gasteiger partial charge in [0, 0.05) is 17.8 Å². The Kier molecular flexibility index (Phi) is 4.28. The number of aliphatic hydroxyl groups excluding tert-OH is 2. The molecule has 1 aromatic carbocycles. The second-order valence-electron chi connectivity index (χ2n) is 3.56. The number of nitrogens with one attached hydrogen (secondary N) is 1. The Balaban J connectivity index is 2.81. The van der Waals surface area contributed by atoms with Crippen molar-refractivity contribution in [2.24, 2.45) is 5.73 Å².